The summed E-state index contributed by atoms with van der Waals surface area (Å²) in [7, 11) is 1.88. The molecular weight excluding hydrogens is 162 g/mol. The van der Waals surface area contributed by atoms with Crippen LogP contribution in [0.4, 0.5) is 0 Å². The lowest BCUT2D eigenvalue weighted by molar-refractivity contribution is -0.127. The first-order valence-electron chi connectivity index (χ1n) is 4.85. The van der Waals surface area contributed by atoms with Crippen LogP contribution in [0, 0.1) is 5.41 Å². The van der Waals surface area contributed by atoms with E-state index in [9.17, 15) is 4.79 Å². The quantitative estimate of drug-likeness (QED) is 0.639. The molecule has 1 aliphatic rings. The van der Waals surface area contributed by atoms with E-state index in [0.29, 0.717) is 0 Å². The summed E-state index contributed by atoms with van der Waals surface area (Å²) in [5, 5.41) is 0. The van der Waals surface area contributed by atoms with Crippen molar-refractivity contribution >= 4 is 5.91 Å². The summed E-state index contributed by atoms with van der Waals surface area (Å²) in [4.78, 5) is 13.5. The minimum atomic E-state index is 0.189. The number of allylic oxidation sites excluding steroid dienone is 1. The summed E-state index contributed by atoms with van der Waals surface area (Å²) in [5.74, 6) is 0.209. The van der Waals surface area contributed by atoms with E-state index in [1.54, 1.807) is 0 Å². The summed E-state index contributed by atoms with van der Waals surface area (Å²) in [6.45, 7) is 7.26. The van der Waals surface area contributed by atoms with Crippen LogP contribution in [0.2, 0.25) is 0 Å². The predicted molar refractivity (Wildman–Crippen MR) is 54.4 cm³/mol. The molecule has 0 radical (unpaired) electrons. The maximum Gasteiger partial charge on any atom is 0.249 e. The number of carbonyl (C=O) groups excluding carboxylic acids is 1. The lowest BCUT2D eigenvalue weighted by atomic mass is 9.94. The molecule has 13 heavy (non-hydrogen) atoms. The highest BCUT2D eigenvalue weighted by Crippen LogP contribution is 2.22. The molecule has 1 rings (SSSR count). The van der Waals surface area contributed by atoms with Crippen LogP contribution in [-0.4, -0.2) is 24.4 Å². The number of rotatable bonds is 2. The largest absolute Gasteiger partial charge is 0.341 e. The lowest BCUT2D eigenvalue weighted by Gasteiger charge is -2.28. The predicted octanol–water partition coefficient (Wildman–Crippen LogP) is 2.21. The molecule has 0 N–H and O–H groups in total. The van der Waals surface area contributed by atoms with Gasteiger partial charge in [-0.25, -0.2) is 0 Å². The Labute approximate surface area is 80.6 Å². The second-order valence-electron chi connectivity index (χ2n) is 4.99. The van der Waals surface area contributed by atoms with Gasteiger partial charge in [-0.1, -0.05) is 26.8 Å². The third-order valence-electron chi connectivity index (χ3n) is 2.14. The Bertz CT molecular complexity index is 235. The average molecular weight is 181 g/mol. The fraction of sp³-hybridized carbons (Fsp3) is 0.727. The fourth-order valence-electron chi connectivity index (χ4n) is 1.51. The maximum absolute atomic E-state index is 11.7. The Morgan fingerprint density at radius 2 is 2.08 bits per heavy atom. The number of carbonyl (C=O) groups is 1. The van der Waals surface area contributed by atoms with Gasteiger partial charge in [-0.05, 0) is 18.3 Å². The molecule has 74 valence electrons. The molecule has 2 nitrogen and oxygen atoms in total. The number of hydrogen-bond donors (Lipinski definition) is 0. The second-order valence-corrected chi connectivity index (χ2v) is 4.99. The van der Waals surface area contributed by atoms with Gasteiger partial charge in [0.15, 0.2) is 0 Å². The zero-order valence-electron chi connectivity index (χ0n) is 9.05. The van der Waals surface area contributed by atoms with Gasteiger partial charge < -0.3 is 4.90 Å². The summed E-state index contributed by atoms with van der Waals surface area (Å²) < 4.78 is 0. The topological polar surface area (TPSA) is 20.3 Å². The third-order valence-corrected chi connectivity index (χ3v) is 2.14. The smallest absolute Gasteiger partial charge is 0.249 e. The molecular formula is C11H19NO. The Hall–Kier alpha value is -0.790. The van der Waals surface area contributed by atoms with E-state index in [0.717, 1.165) is 25.0 Å². The first-order valence-corrected chi connectivity index (χ1v) is 4.85. The zero-order valence-corrected chi connectivity index (χ0v) is 9.05. The van der Waals surface area contributed by atoms with Gasteiger partial charge in [0.2, 0.25) is 5.91 Å². The Morgan fingerprint density at radius 1 is 1.54 bits per heavy atom. The van der Waals surface area contributed by atoms with E-state index in [2.05, 4.69) is 20.8 Å². The molecule has 0 atom stereocenters. The van der Waals surface area contributed by atoms with Crippen LogP contribution in [0.15, 0.2) is 11.6 Å². The maximum atomic E-state index is 11.7. The van der Waals surface area contributed by atoms with Gasteiger partial charge in [0.05, 0.1) is 0 Å². The summed E-state index contributed by atoms with van der Waals surface area (Å²) in [6, 6.07) is 0. The van der Waals surface area contributed by atoms with Gasteiger partial charge >= 0.3 is 0 Å². The molecule has 0 spiro atoms. The number of amides is 1. The molecule has 1 aliphatic carbocycles. The molecule has 0 heterocycles. The highest BCUT2D eigenvalue weighted by molar-refractivity contribution is 5.94. The molecule has 1 amide bonds. The highest BCUT2D eigenvalue weighted by Gasteiger charge is 2.22. The molecule has 0 saturated heterocycles. The number of nitrogens with zero attached hydrogens (tertiary/aromatic N) is 1. The summed E-state index contributed by atoms with van der Waals surface area (Å²) >= 11 is 0. The van der Waals surface area contributed by atoms with Gasteiger partial charge in [0, 0.05) is 19.2 Å². The van der Waals surface area contributed by atoms with Gasteiger partial charge in [-0.15, -0.1) is 0 Å². The summed E-state index contributed by atoms with van der Waals surface area (Å²) in [6.07, 6.45) is 4.07. The van der Waals surface area contributed by atoms with E-state index in [1.165, 1.54) is 0 Å². The highest BCUT2D eigenvalue weighted by atomic mass is 16.2. The number of likely N-dealkylation sites (N-methyl/N-ethyl adjacent to an activating group) is 1. The van der Waals surface area contributed by atoms with Crippen LogP contribution in [0.5, 0.6) is 0 Å². The summed E-state index contributed by atoms with van der Waals surface area (Å²) in [5.41, 5.74) is 1.18. The van der Waals surface area contributed by atoms with Gasteiger partial charge in [-0.2, -0.15) is 0 Å². The third kappa shape index (κ3) is 2.87. The SMILES string of the molecule is CN(CC(C)(C)C)C(=O)C1=CCC1. The van der Waals surface area contributed by atoms with E-state index < -0.39 is 0 Å². The number of hydrogen-bond acceptors (Lipinski definition) is 1. The van der Waals surface area contributed by atoms with Crippen molar-refractivity contribution in [3.63, 3.8) is 0 Å². The van der Waals surface area contributed by atoms with E-state index in [-0.39, 0.29) is 11.3 Å². The van der Waals surface area contributed by atoms with Gasteiger partial charge in [0.25, 0.3) is 0 Å². The van der Waals surface area contributed by atoms with Crippen molar-refractivity contribution in [3.8, 4) is 0 Å². The van der Waals surface area contributed by atoms with Crippen molar-refractivity contribution in [2.75, 3.05) is 13.6 Å². The van der Waals surface area contributed by atoms with Gasteiger partial charge in [0.1, 0.15) is 0 Å². The van der Waals surface area contributed by atoms with Gasteiger partial charge in [-0.3, -0.25) is 4.79 Å². The molecule has 0 fully saturated rings. The fourth-order valence-corrected chi connectivity index (χ4v) is 1.51. The second kappa shape index (κ2) is 3.52. The molecule has 0 aromatic rings. The van der Waals surface area contributed by atoms with E-state index in [1.807, 2.05) is 18.0 Å². The molecule has 0 saturated carbocycles. The van der Waals surface area contributed by atoms with Crippen LogP contribution < -0.4 is 0 Å². The molecule has 2 heteroatoms. The minimum absolute atomic E-state index is 0.189. The van der Waals surface area contributed by atoms with E-state index >= 15 is 0 Å². The van der Waals surface area contributed by atoms with Crippen LogP contribution in [0.1, 0.15) is 33.6 Å². The monoisotopic (exact) mass is 181 g/mol. The van der Waals surface area contributed by atoms with Crippen molar-refractivity contribution in [1.82, 2.24) is 4.90 Å². The zero-order chi connectivity index (χ0) is 10.1. The van der Waals surface area contributed by atoms with Crippen LogP contribution in [0.3, 0.4) is 0 Å². The Kier molecular flexibility index (Phi) is 2.79. The van der Waals surface area contributed by atoms with Crippen molar-refractivity contribution in [2.45, 2.75) is 33.6 Å². The molecule has 0 aromatic carbocycles. The molecule has 0 unspecified atom stereocenters. The van der Waals surface area contributed by atoms with Crippen LogP contribution in [0.25, 0.3) is 0 Å². The Balaban J connectivity index is 2.48. The standard InChI is InChI=1S/C11H19NO/c1-11(2,3)8-12(4)10(13)9-6-5-7-9/h6H,5,7-8H2,1-4H3. The van der Waals surface area contributed by atoms with Crippen LogP contribution >= 0.6 is 0 Å². The normalized spacial score (nSPS) is 16.2. The Morgan fingerprint density at radius 3 is 2.38 bits per heavy atom. The first-order chi connectivity index (χ1) is 5.90. The molecule has 0 bridgehead atoms. The average Bonchev–Trinajstić information content (AvgIpc) is 1.78. The first kappa shape index (κ1) is 10.3. The van der Waals surface area contributed by atoms with Crippen molar-refractivity contribution < 1.29 is 4.79 Å². The molecule has 0 aliphatic heterocycles. The lowest BCUT2D eigenvalue weighted by Crippen LogP contribution is -2.36. The van der Waals surface area contributed by atoms with Crippen molar-refractivity contribution in [3.05, 3.63) is 11.6 Å². The van der Waals surface area contributed by atoms with Crippen molar-refractivity contribution in [2.24, 2.45) is 5.41 Å². The van der Waals surface area contributed by atoms with Crippen LogP contribution in [-0.2, 0) is 4.79 Å². The van der Waals surface area contributed by atoms with E-state index in [4.69, 9.17) is 0 Å². The molecule has 0 aromatic heterocycles. The van der Waals surface area contributed by atoms with Crippen molar-refractivity contribution in [1.29, 1.82) is 0 Å². The minimum Gasteiger partial charge on any atom is -0.341 e.